The molecule has 35 heavy (non-hydrogen) atoms. The van der Waals surface area contributed by atoms with Crippen LogP contribution in [0, 0.1) is 11.6 Å². The molecule has 0 spiro atoms. The quantitative estimate of drug-likeness (QED) is 0.534. The van der Waals surface area contributed by atoms with Gasteiger partial charge in [-0.25, -0.2) is 13.8 Å². The van der Waals surface area contributed by atoms with Gasteiger partial charge in [0.25, 0.3) is 0 Å². The molecule has 2 aromatic carbocycles. The average molecular weight is 500 g/mol. The van der Waals surface area contributed by atoms with E-state index in [1.165, 1.54) is 17.4 Å². The molecule has 1 aliphatic carbocycles. The van der Waals surface area contributed by atoms with Crippen LogP contribution in [0.1, 0.15) is 41.3 Å². The summed E-state index contributed by atoms with van der Waals surface area (Å²) in [7, 11) is 0. The first-order valence-electron chi connectivity index (χ1n) is 11.5. The Balaban J connectivity index is 1.26. The fourth-order valence-corrected chi connectivity index (χ4v) is 5.88. The normalized spacial score (nSPS) is 21.2. The Morgan fingerprint density at radius 2 is 2.03 bits per heavy atom. The number of aliphatic hydroxyl groups is 1. The van der Waals surface area contributed by atoms with Gasteiger partial charge in [0, 0.05) is 29.7 Å². The third-order valence-corrected chi connectivity index (χ3v) is 7.90. The lowest BCUT2D eigenvalue weighted by Gasteiger charge is -2.27. The third-order valence-electron chi connectivity index (χ3n) is 6.94. The van der Waals surface area contributed by atoms with E-state index >= 15 is 0 Å². The molecule has 1 unspecified atom stereocenters. The van der Waals surface area contributed by atoms with E-state index in [0.717, 1.165) is 17.7 Å². The largest absolute Gasteiger partial charge is 0.454 e. The zero-order valence-electron chi connectivity index (χ0n) is 18.7. The number of fused-ring (bicyclic) bond motifs is 1. The predicted molar refractivity (Wildman–Crippen MR) is 125 cm³/mol. The van der Waals surface area contributed by atoms with Gasteiger partial charge >= 0.3 is 0 Å². The Morgan fingerprint density at radius 1 is 1.20 bits per heavy atom. The zero-order valence-corrected chi connectivity index (χ0v) is 19.5. The molecular formula is C25H23F2N3O4S. The standard InChI is InChI=1S/C25H23F2N3O4S/c26-15-2-3-18(27)17(10-15)22(30-8-5-16(31)12-30)21-11-28-24(35-21)29-23(32)25(6-7-25)14-1-4-19-20(9-14)34-13-33-19/h1-4,9-11,16,22,31H,5-8,12-13H2,(H,28,29,32)/t16-,22?/m1/s1. The maximum Gasteiger partial charge on any atom is 0.236 e. The van der Waals surface area contributed by atoms with Gasteiger partial charge in [0.2, 0.25) is 12.7 Å². The van der Waals surface area contributed by atoms with Crippen LogP contribution in [-0.4, -0.2) is 46.9 Å². The molecule has 3 aliphatic rings. The highest BCUT2D eigenvalue weighted by Crippen LogP contribution is 2.51. The summed E-state index contributed by atoms with van der Waals surface area (Å²) in [6, 6.07) is 8.30. The number of aliphatic hydroxyl groups excluding tert-OH is 1. The van der Waals surface area contributed by atoms with Gasteiger partial charge in [0.1, 0.15) is 11.6 Å². The summed E-state index contributed by atoms with van der Waals surface area (Å²) in [5.74, 6) is 0.0606. The van der Waals surface area contributed by atoms with Crippen LogP contribution in [-0.2, 0) is 10.2 Å². The number of nitrogens with one attached hydrogen (secondary N) is 1. The Kier molecular flexibility index (Phi) is 5.46. The van der Waals surface area contributed by atoms with Gasteiger partial charge < -0.3 is 19.9 Å². The maximum absolute atomic E-state index is 14.8. The number of benzene rings is 2. The number of β-amino-alcohol motifs (C(OH)–C–C–N with tert-alkyl or cyclic N) is 1. The fraction of sp³-hybridized carbons (Fsp3) is 0.360. The van der Waals surface area contributed by atoms with Gasteiger partial charge in [-0.2, -0.15) is 0 Å². The van der Waals surface area contributed by atoms with Crippen molar-refractivity contribution in [1.82, 2.24) is 9.88 Å². The Labute approximate surface area is 204 Å². The number of halogens is 2. The number of likely N-dealkylation sites (tertiary alicyclic amines) is 1. The summed E-state index contributed by atoms with van der Waals surface area (Å²) in [6.45, 7) is 1.04. The SMILES string of the molecule is O=C(Nc1ncc(C(c2cc(F)ccc2F)N2CC[C@@H](O)C2)s1)C1(c2ccc3c(c2)OCO3)CC1. The molecule has 2 atom stereocenters. The van der Waals surface area contributed by atoms with Crippen molar-refractivity contribution in [3.8, 4) is 11.5 Å². The average Bonchev–Trinajstić information content (AvgIpc) is 3.13. The van der Waals surface area contributed by atoms with Crippen molar-refractivity contribution in [3.05, 3.63) is 70.2 Å². The van der Waals surface area contributed by atoms with Crippen molar-refractivity contribution < 1.29 is 28.2 Å². The van der Waals surface area contributed by atoms with Crippen molar-refractivity contribution in [2.24, 2.45) is 0 Å². The number of thiazole rings is 1. The molecule has 2 aliphatic heterocycles. The van der Waals surface area contributed by atoms with E-state index in [1.54, 1.807) is 6.20 Å². The number of rotatable bonds is 6. The summed E-state index contributed by atoms with van der Waals surface area (Å²) in [5, 5.41) is 13.4. The van der Waals surface area contributed by atoms with Crippen LogP contribution in [0.2, 0.25) is 0 Å². The van der Waals surface area contributed by atoms with E-state index in [2.05, 4.69) is 10.3 Å². The van der Waals surface area contributed by atoms with Gasteiger partial charge in [0.15, 0.2) is 16.6 Å². The van der Waals surface area contributed by atoms with Crippen molar-refractivity contribution >= 4 is 22.4 Å². The Morgan fingerprint density at radius 3 is 2.80 bits per heavy atom. The molecule has 2 fully saturated rings. The van der Waals surface area contributed by atoms with Gasteiger partial charge in [-0.3, -0.25) is 9.69 Å². The van der Waals surface area contributed by atoms with Crippen molar-refractivity contribution in [3.63, 3.8) is 0 Å². The predicted octanol–water partition coefficient (Wildman–Crippen LogP) is 3.98. The topological polar surface area (TPSA) is 83.9 Å². The first-order chi connectivity index (χ1) is 16.9. The van der Waals surface area contributed by atoms with Gasteiger partial charge in [-0.05, 0) is 55.2 Å². The number of aromatic nitrogens is 1. The molecule has 1 saturated carbocycles. The van der Waals surface area contributed by atoms with Gasteiger partial charge in [-0.1, -0.05) is 17.4 Å². The van der Waals surface area contributed by atoms with Crippen molar-refractivity contribution in [2.45, 2.75) is 36.8 Å². The second kappa shape index (κ2) is 8.54. The van der Waals surface area contributed by atoms with E-state index in [-0.39, 0.29) is 18.3 Å². The molecular weight excluding hydrogens is 476 g/mol. The highest BCUT2D eigenvalue weighted by Gasteiger charge is 2.52. The maximum atomic E-state index is 14.8. The number of carbonyl (C=O) groups excluding carboxylic acids is 1. The van der Waals surface area contributed by atoms with E-state index in [4.69, 9.17) is 9.47 Å². The van der Waals surface area contributed by atoms with Crippen LogP contribution in [0.5, 0.6) is 11.5 Å². The fourth-order valence-electron chi connectivity index (χ4n) is 4.91. The van der Waals surface area contributed by atoms with Crippen molar-refractivity contribution in [2.75, 3.05) is 25.2 Å². The minimum atomic E-state index is -0.653. The number of nitrogens with zero attached hydrogens (tertiary/aromatic N) is 2. The van der Waals surface area contributed by atoms with Crippen LogP contribution >= 0.6 is 11.3 Å². The first kappa shape index (κ1) is 22.4. The molecule has 7 nitrogen and oxygen atoms in total. The molecule has 3 aromatic rings. The minimum absolute atomic E-state index is 0.164. The van der Waals surface area contributed by atoms with Crippen LogP contribution in [0.25, 0.3) is 0 Å². The number of amides is 1. The molecule has 182 valence electrons. The van der Waals surface area contributed by atoms with Gasteiger partial charge in [0.05, 0.1) is 17.6 Å². The number of anilines is 1. The minimum Gasteiger partial charge on any atom is -0.454 e. The van der Waals surface area contributed by atoms with E-state index in [1.807, 2.05) is 23.1 Å². The second-order valence-corrected chi connectivity index (χ2v) is 10.2. The van der Waals surface area contributed by atoms with E-state index in [0.29, 0.717) is 53.9 Å². The van der Waals surface area contributed by atoms with Gasteiger partial charge in [-0.15, -0.1) is 0 Å². The van der Waals surface area contributed by atoms with Crippen LogP contribution in [0.15, 0.2) is 42.6 Å². The second-order valence-electron chi connectivity index (χ2n) is 9.18. The smallest absolute Gasteiger partial charge is 0.236 e. The highest BCUT2D eigenvalue weighted by atomic mass is 32.1. The van der Waals surface area contributed by atoms with E-state index < -0.39 is 29.2 Å². The molecule has 3 heterocycles. The molecule has 0 bridgehead atoms. The summed E-state index contributed by atoms with van der Waals surface area (Å²) >= 11 is 1.23. The molecule has 2 N–H and O–H groups in total. The molecule has 10 heteroatoms. The lowest BCUT2D eigenvalue weighted by atomic mass is 9.94. The summed E-state index contributed by atoms with van der Waals surface area (Å²) in [6.07, 6.45) is 3.02. The number of hydrogen-bond acceptors (Lipinski definition) is 7. The monoisotopic (exact) mass is 499 g/mol. The zero-order chi connectivity index (χ0) is 24.2. The number of ether oxygens (including phenoxy) is 2. The first-order valence-corrected chi connectivity index (χ1v) is 12.3. The lowest BCUT2D eigenvalue weighted by Crippen LogP contribution is -2.28. The molecule has 0 radical (unpaired) electrons. The molecule has 6 rings (SSSR count). The third kappa shape index (κ3) is 4.05. The number of carbonyl (C=O) groups is 1. The highest BCUT2D eigenvalue weighted by molar-refractivity contribution is 7.15. The summed E-state index contributed by atoms with van der Waals surface area (Å²) in [4.78, 5) is 20.2. The molecule has 1 aromatic heterocycles. The van der Waals surface area contributed by atoms with E-state index in [9.17, 15) is 18.7 Å². The van der Waals surface area contributed by atoms with Crippen LogP contribution in [0.4, 0.5) is 13.9 Å². The number of hydrogen-bond donors (Lipinski definition) is 2. The summed E-state index contributed by atoms with van der Waals surface area (Å²) in [5.41, 5.74) is 0.390. The van der Waals surface area contributed by atoms with Crippen LogP contribution < -0.4 is 14.8 Å². The Bertz CT molecular complexity index is 1300. The summed E-state index contributed by atoms with van der Waals surface area (Å²) < 4.78 is 39.6. The van der Waals surface area contributed by atoms with Crippen LogP contribution in [0.3, 0.4) is 0 Å². The molecule has 1 saturated heterocycles. The lowest BCUT2D eigenvalue weighted by molar-refractivity contribution is -0.118. The Hall–Kier alpha value is -3.08. The molecule has 1 amide bonds. The van der Waals surface area contributed by atoms with Crippen molar-refractivity contribution in [1.29, 1.82) is 0 Å².